The van der Waals surface area contributed by atoms with Gasteiger partial charge in [-0.1, -0.05) is 200 Å². The molecule has 206 valence electrons. The van der Waals surface area contributed by atoms with E-state index in [4.69, 9.17) is 0 Å². The van der Waals surface area contributed by atoms with E-state index >= 15 is 0 Å². The van der Waals surface area contributed by atoms with Crippen LogP contribution in [0.4, 0.5) is 0 Å². The number of hydrogen-bond donors (Lipinski definition) is 0. The Balaban J connectivity index is 1.28. The molecule has 0 fully saturated rings. The molecule has 0 bridgehead atoms. The van der Waals surface area contributed by atoms with Crippen molar-refractivity contribution in [2.45, 2.75) is 0 Å². The highest BCUT2D eigenvalue weighted by Gasteiger charge is 2.16. The highest BCUT2D eigenvalue weighted by Crippen LogP contribution is 2.33. The van der Waals surface area contributed by atoms with E-state index in [9.17, 15) is 0 Å². The van der Waals surface area contributed by atoms with Crippen LogP contribution in [0.15, 0.2) is 164 Å². The van der Waals surface area contributed by atoms with Gasteiger partial charge in [0.2, 0.25) is 0 Å². The van der Waals surface area contributed by atoms with Crippen molar-refractivity contribution in [1.29, 1.82) is 0 Å². The average molecular weight is 569 g/mol. The maximum absolute atomic E-state index is 2.29. The van der Waals surface area contributed by atoms with Gasteiger partial charge in [-0.25, -0.2) is 0 Å². The Bertz CT molecular complexity index is 1580. The van der Waals surface area contributed by atoms with Crippen LogP contribution in [0, 0.1) is 0 Å². The molecule has 0 saturated heterocycles. The van der Waals surface area contributed by atoms with E-state index in [1.807, 2.05) is 18.2 Å². The summed E-state index contributed by atoms with van der Waals surface area (Å²) in [5.74, 6) is 0. The SMILES string of the molecule is C(=C\c1ccc(P(c2ccc(/C=C/c3ccccc3)cc2)c2ccc(/C=C/c3ccccc3)cc2)cc1)/c1ccccc1. The lowest BCUT2D eigenvalue weighted by molar-refractivity contribution is 1.65. The first-order valence-corrected chi connectivity index (χ1v) is 15.9. The molecule has 0 aliphatic carbocycles. The number of rotatable bonds is 9. The molecule has 0 aromatic heterocycles. The molecule has 0 spiro atoms. The zero-order valence-electron chi connectivity index (χ0n) is 24.0. The van der Waals surface area contributed by atoms with Gasteiger partial charge in [-0.3, -0.25) is 0 Å². The summed E-state index contributed by atoms with van der Waals surface area (Å²) in [6, 6.07) is 58.5. The minimum Gasteiger partial charge on any atom is -0.0622 e. The van der Waals surface area contributed by atoms with Crippen molar-refractivity contribution in [3.63, 3.8) is 0 Å². The van der Waals surface area contributed by atoms with Crippen LogP contribution in [0.2, 0.25) is 0 Å². The molecule has 6 aromatic carbocycles. The molecule has 6 aromatic rings. The maximum Gasteiger partial charge on any atom is -0.0134 e. The molecular weight excluding hydrogens is 535 g/mol. The van der Waals surface area contributed by atoms with Crippen molar-refractivity contribution >= 4 is 60.3 Å². The topological polar surface area (TPSA) is 0 Å². The van der Waals surface area contributed by atoms with Crippen LogP contribution >= 0.6 is 7.92 Å². The fourth-order valence-corrected chi connectivity index (χ4v) is 7.16. The third-order valence-corrected chi connectivity index (χ3v) is 9.70. The standard InChI is InChI=1S/C42H33P/c1-4-10-34(11-5-1)16-19-37-22-28-40(29-23-37)43(41-30-24-38(25-31-41)20-17-35-12-6-2-7-13-35)42-32-26-39(27-33-42)21-18-36-14-8-3-9-15-36/h1-33H/b19-16+,20-17+,21-18+. The van der Waals surface area contributed by atoms with Crippen molar-refractivity contribution in [2.75, 3.05) is 0 Å². The molecule has 0 unspecified atom stereocenters. The van der Waals surface area contributed by atoms with Crippen molar-refractivity contribution in [3.8, 4) is 0 Å². The summed E-state index contributed by atoms with van der Waals surface area (Å²) in [6.07, 6.45) is 13.1. The lowest BCUT2D eigenvalue weighted by atomic mass is 10.1. The van der Waals surface area contributed by atoms with E-state index in [1.54, 1.807) is 0 Å². The summed E-state index contributed by atoms with van der Waals surface area (Å²) >= 11 is 0. The minimum atomic E-state index is -0.715. The molecule has 0 N–H and O–H groups in total. The molecule has 0 amide bonds. The van der Waals surface area contributed by atoms with Gasteiger partial charge in [-0.05, 0) is 57.2 Å². The Hall–Kier alpha value is -5.03. The van der Waals surface area contributed by atoms with Gasteiger partial charge >= 0.3 is 0 Å². The second kappa shape index (κ2) is 14.2. The first-order chi connectivity index (χ1) is 21.3. The molecule has 0 nitrogen and oxygen atoms in total. The molecule has 0 saturated carbocycles. The Morgan fingerprint density at radius 3 is 0.674 bits per heavy atom. The monoisotopic (exact) mass is 568 g/mol. The largest absolute Gasteiger partial charge is 0.0622 e. The van der Waals surface area contributed by atoms with E-state index < -0.39 is 7.92 Å². The predicted molar refractivity (Wildman–Crippen MR) is 191 cm³/mol. The highest BCUT2D eigenvalue weighted by molar-refractivity contribution is 7.79. The van der Waals surface area contributed by atoms with Crippen LogP contribution in [0.3, 0.4) is 0 Å². The van der Waals surface area contributed by atoms with Gasteiger partial charge in [-0.15, -0.1) is 0 Å². The summed E-state index contributed by atoms with van der Waals surface area (Å²) in [4.78, 5) is 0. The van der Waals surface area contributed by atoms with Crippen molar-refractivity contribution in [3.05, 3.63) is 197 Å². The molecule has 0 radical (unpaired) electrons. The number of benzene rings is 6. The fraction of sp³-hybridized carbons (Fsp3) is 0. The van der Waals surface area contributed by atoms with Gasteiger partial charge in [0.1, 0.15) is 0 Å². The van der Waals surface area contributed by atoms with Gasteiger partial charge < -0.3 is 0 Å². The van der Waals surface area contributed by atoms with Gasteiger partial charge in [0.25, 0.3) is 0 Å². The summed E-state index contributed by atoms with van der Waals surface area (Å²) in [7, 11) is -0.715. The Morgan fingerprint density at radius 1 is 0.233 bits per heavy atom. The fourth-order valence-electron chi connectivity index (χ4n) is 4.92. The summed E-state index contributed by atoms with van der Waals surface area (Å²) in [5, 5.41) is 4.02. The Labute approximate surface area is 256 Å². The van der Waals surface area contributed by atoms with Gasteiger partial charge in [0.15, 0.2) is 0 Å². The van der Waals surface area contributed by atoms with E-state index in [0.29, 0.717) is 0 Å². The maximum atomic E-state index is 2.29. The summed E-state index contributed by atoms with van der Waals surface area (Å²) in [5.41, 5.74) is 7.21. The first-order valence-electron chi connectivity index (χ1n) is 14.6. The van der Waals surface area contributed by atoms with Crippen LogP contribution in [0.25, 0.3) is 36.5 Å². The Kier molecular flexibility index (Phi) is 9.30. The van der Waals surface area contributed by atoms with E-state index in [2.05, 4.69) is 182 Å². The molecule has 43 heavy (non-hydrogen) atoms. The summed E-state index contributed by atoms with van der Waals surface area (Å²) < 4.78 is 0. The van der Waals surface area contributed by atoms with Crippen molar-refractivity contribution in [1.82, 2.24) is 0 Å². The minimum absolute atomic E-state index is 0.715. The van der Waals surface area contributed by atoms with E-state index in [-0.39, 0.29) is 0 Å². The molecule has 6 rings (SSSR count). The normalized spacial score (nSPS) is 11.7. The zero-order valence-corrected chi connectivity index (χ0v) is 24.9. The van der Waals surface area contributed by atoms with Gasteiger partial charge in [0.05, 0.1) is 0 Å². The second-order valence-corrected chi connectivity index (χ2v) is 12.6. The van der Waals surface area contributed by atoms with Gasteiger partial charge in [-0.2, -0.15) is 0 Å². The van der Waals surface area contributed by atoms with Crippen LogP contribution in [0.1, 0.15) is 33.4 Å². The van der Waals surface area contributed by atoms with Crippen molar-refractivity contribution < 1.29 is 0 Å². The highest BCUT2D eigenvalue weighted by atomic mass is 31.1. The quantitative estimate of drug-likeness (QED) is 0.120. The average Bonchev–Trinajstić information content (AvgIpc) is 3.09. The second-order valence-electron chi connectivity index (χ2n) is 10.3. The van der Waals surface area contributed by atoms with Crippen LogP contribution < -0.4 is 15.9 Å². The number of hydrogen-bond acceptors (Lipinski definition) is 0. The molecule has 0 heterocycles. The third-order valence-electron chi connectivity index (χ3n) is 7.26. The van der Waals surface area contributed by atoms with Crippen LogP contribution in [-0.2, 0) is 0 Å². The summed E-state index contributed by atoms with van der Waals surface area (Å²) in [6.45, 7) is 0. The third kappa shape index (κ3) is 7.83. The lowest BCUT2D eigenvalue weighted by Crippen LogP contribution is -2.20. The molecule has 0 aliphatic rings. The predicted octanol–water partition coefficient (Wildman–Crippen LogP) is 9.96. The Morgan fingerprint density at radius 2 is 0.442 bits per heavy atom. The van der Waals surface area contributed by atoms with E-state index in [0.717, 1.165) is 0 Å². The van der Waals surface area contributed by atoms with Gasteiger partial charge in [0, 0.05) is 0 Å². The van der Waals surface area contributed by atoms with Crippen molar-refractivity contribution in [2.24, 2.45) is 0 Å². The van der Waals surface area contributed by atoms with Crippen LogP contribution in [-0.4, -0.2) is 0 Å². The smallest absolute Gasteiger partial charge is 0.0134 e. The molecule has 1 heteroatoms. The first kappa shape index (κ1) is 28.1. The van der Waals surface area contributed by atoms with Crippen LogP contribution in [0.5, 0.6) is 0 Å². The molecule has 0 atom stereocenters. The van der Waals surface area contributed by atoms with E-state index in [1.165, 1.54) is 49.3 Å². The molecular formula is C42H33P. The lowest BCUT2D eigenvalue weighted by Gasteiger charge is -2.20. The zero-order chi connectivity index (χ0) is 29.1. The molecule has 0 aliphatic heterocycles.